The highest BCUT2D eigenvalue weighted by atomic mass is 16.3. The van der Waals surface area contributed by atoms with Crippen LogP contribution in [0.2, 0.25) is 0 Å². The van der Waals surface area contributed by atoms with Crippen molar-refractivity contribution in [3.8, 4) is 22.5 Å². The Hall–Kier alpha value is -7.04. The normalized spacial score (nSPS) is 12.2. The zero-order chi connectivity index (χ0) is 33.9. The van der Waals surface area contributed by atoms with E-state index in [2.05, 4.69) is 167 Å². The van der Waals surface area contributed by atoms with Gasteiger partial charge in [-0.05, 0) is 60.7 Å². The summed E-state index contributed by atoms with van der Waals surface area (Å²) < 4.78 is 17.6. The van der Waals surface area contributed by atoms with Crippen LogP contribution in [0, 0.1) is 0 Å². The molecule has 0 saturated carbocycles. The third kappa shape index (κ3) is 3.60. The van der Waals surface area contributed by atoms with Gasteiger partial charge in [0.25, 0.3) is 0 Å². The summed E-state index contributed by atoms with van der Waals surface area (Å²) in [7, 11) is 0. The Balaban J connectivity index is 1.17. The van der Waals surface area contributed by atoms with Crippen molar-refractivity contribution >= 4 is 87.5 Å². The predicted molar refractivity (Wildman–Crippen MR) is 215 cm³/mol. The topological polar surface area (TPSA) is 36.1 Å². The Kier molecular flexibility index (Phi) is 5.47. The number of hydrogen-bond donors (Lipinski definition) is 0. The van der Waals surface area contributed by atoms with Gasteiger partial charge in [0.05, 0.1) is 33.4 Å². The standard InChI is InChI=1S/C48H28N2O2/c1-7-19-35(49-37-21-9-3-15-31(37)45-39(49)25-27-43-47(45)33-17-5-11-23-41(33)51-43)29(13-1)30-14-2-8-20-36(30)50-38-22-10-4-16-32(38)46-40(50)26-28-44-48(46)34-18-6-12-24-42(34)52-44/h1-28H. The minimum absolute atomic E-state index is 0.904. The van der Waals surface area contributed by atoms with Crippen LogP contribution in [-0.2, 0) is 0 Å². The quantitative estimate of drug-likeness (QED) is 0.188. The molecule has 0 amide bonds. The molecule has 4 heteroatoms. The molecule has 0 bridgehead atoms. The molecular formula is C48H28N2O2. The highest BCUT2D eigenvalue weighted by Crippen LogP contribution is 2.45. The van der Waals surface area contributed by atoms with E-state index >= 15 is 0 Å². The maximum absolute atomic E-state index is 6.37. The van der Waals surface area contributed by atoms with Gasteiger partial charge in [-0.1, -0.05) is 109 Å². The second-order valence-corrected chi connectivity index (χ2v) is 13.6. The summed E-state index contributed by atoms with van der Waals surface area (Å²) in [5.74, 6) is 0. The van der Waals surface area contributed by atoms with Crippen molar-refractivity contribution in [2.45, 2.75) is 0 Å². The summed E-state index contributed by atoms with van der Waals surface area (Å²) in [6, 6.07) is 60.5. The van der Waals surface area contributed by atoms with E-state index in [0.29, 0.717) is 0 Å². The summed E-state index contributed by atoms with van der Waals surface area (Å²) >= 11 is 0. The van der Waals surface area contributed by atoms with E-state index in [1.54, 1.807) is 0 Å². The molecule has 4 aromatic heterocycles. The van der Waals surface area contributed by atoms with E-state index in [4.69, 9.17) is 8.83 Å². The molecule has 0 spiro atoms. The number of para-hydroxylation sites is 6. The molecular weight excluding hydrogens is 637 g/mol. The molecule has 0 saturated heterocycles. The van der Waals surface area contributed by atoms with Crippen LogP contribution >= 0.6 is 0 Å². The molecule has 0 N–H and O–H groups in total. The van der Waals surface area contributed by atoms with Crippen molar-refractivity contribution in [2.75, 3.05) is 0 Å². The lowest BCUT2D eigenvalue weighted by Crippen LogP contribution is -2.01. The maximum atomic E-state index is 6.37. The number of furan rings is 2. The first-order chi connectivity index (χ1) is 25.8. The summed E-state index contributed by atoms with van der Waals surface area (Å²) in [6.45, 7) is 0. The van der Waals surface area contributed by atoms with Gasteiger partial charge < -0.3 is 18.0 Å². The zero-order valence-corrected chi connectivity index (χ0v) is 27.9. The van der Waals surface area contributed by atoms with Crippen molar-refractivity contribution in [3.05, 3.63) is 170 Å². The molecule has 0 fully saturated rings. The molecule has 0 unspecified atom stereocenters. The van der Waals surface area contributed by atoms with E-state index in [1.807, 2.05) is 12.1 Å². The fourth-order valence-electron chi connectivity index (χ4n) is 8.86. The Bertz CT molecular complexity index is 3190. The van der Waals surface area contributed by atoms with Gasteiger partial charge >= 0.3 is 0 Å². The molecule has 242 valence electrons. The van der Waals surface area contributed by atoms with Gasteiger partial charge in [-0.15, -0.1) is 0 Å². The minimum atomic E-state index is 0.904. The number of aromatic nitrogens is 2. The van der Waals surface area contributed by atoms with E-state index in [-0.39, 0.29) is 0 Å². The second-order valence-electron chi connectivity index (χ2n) is 13.6. The van der Waals surface area contributed by atoms with E-state index in [9.17, 15) is 0 Å². The number of benzene rings is 8. The molecule has 12 aromatic rings. The molecule has 4 nitrogen and oxygen atoms in total. The van der Waals surface area contributed by atoms with E-state index < -0.39 is 0 Å². The van der Waals surface area contributed by atoms with Crippen LogP contribution < -0.4 is 0 Å². The van der Waals surface area contributed by atoms with Crippen molar-refractivity contribution in [1.29, 1.82) is 0 Å². The average molecular weight is 665 g/mol. The summed E-state index contributed by atoms with van der Waals surface area (Å²) in [5, 5.41) is 9.41. The van der Waals surface area contributed by atoms with Gasteiger partial charge in [0, 0.05) is 54.2 Å². The van der Waals surface area contributed by atoms with Crippen molar-refractivity contribution in [3.63, 3.8) is 0 Å². The van der Waals surface area contributed by atoms with Crippen LogP contribution in [0.3, 0.4) is 0 Å². The van der Waals surface area contributed by atoms with Gasteiger partial charge in [0.2, 0.25) is 0 Å². The predicted octanol–water partition coefficient (Wildman–Crippen LogP) is 13.3. The first-order valence-corrected chi connectivity index (χ1v) is 17.7. The third-order valence-electron chi connectivity index (χ3n) is 10.9. The molecule has 0 aliphatic carbocycles. The van der Waals surface area contributed by atoms with E-state index in [0.717, 1.165) is 88.4 Å². The highest BCUT2D eigenvalue weighted by molar-refractivity contribution is 6.29. The summed E-state index contributed by atoms with van der Waals surface area (Å²) in [6.07, 6.45) is 0. The van der Waals surface area contributed by atoms with Gasteiger partial charge in [-0.2, -0.15) is 0 Å². The number of rotatable bonds is 3. The molecule has 0 atom stereocenters. The molecule has 4 heterocycles. The fourth-order valence-corrected chi connectivity index (χ4v) is 8.86. The van der Waals surface area contributed by atoms with Crippen LogP contribution in [0.5, 0.6) is 0 Å². The molecule has 0 aliphatic rings. The Morgan fingerprint density at radius 2 is 0.654 bits per heavy atom. The number of hydrogen-bond acceptors (Lipinski definition) is 2. The van der Waals surface area contributed by atoms with Crippen molar-refractivity contribution in [1.82, 2.24) is 9.13 Å². The number of nitrogens with zero attached hydrogens (tertiary/aromatic N) is 2. The van der Waals surface area contributed by atoms with Gasteiger partial charge in [-0.25, -0.2) is 0 Å². The molecule has 8 aromatic carbocycles. The number of fused-ring (bicyclic) bond motifs is 14. The molecule has 12 rings (SSSR count). The first kappa shape index (κ1) is 27.7. The highest BCUT2D eigenvalue weighted by Gasteiger charge is 2.23. The van der Waals surface area contributed by atoms with Crippen LogP contribution in [0.1, 0.15) is 0 Å². The lowest BCUT2D eigenvalue weighted by atomic mass is 10.0. The molecule has 52 heavy (non-hydrogen) atoms. The van der Waals surface area contributed by atoms with Crippen molar-refractivity contribution in [2.24, 2.45) is 0 Å². The first-order valence-electron chi connectivity index (χ1n) is 17.7. The average Bonchev–Trinajstić information content (AvgIpc) is 3.95. The van der Waals surface area contributed by atoms with Crippen LogP contribution in [0.15, 0.2) is 179 Å². The van der Waals surface area contributed by atoms with E-state index in [1.165, 1.54) is 21.5 Å². The van der Waals surface area contributed by atoms with Crippen molar-refractivity contribution < 1.29 is 8.83 Å². The Labute approximate surface area is 296 Å². The lowest BCUT2D eigenvalue weighted by Gasteiger charge is -2.18. The molecule has 0 aliphatic heterocycles. The largest absolute Gasteiger partial charge is 0.456 e. The van der Waals surface area contributed by atoms with Gasteiger partial charge in [-0.3, -0.25) is 0 Å². The zero-order valence-electron chi connectivity index (χ0n) is 27.9. The monoisotopic (exact) mass is 664 g/mol. The third-order valence-corrected chi connectivity index (χ3v) is 10.9. The van der Waals surface area contributed by atoms with Gasteiger partial charge in [0.1, 0.15) is 22.3 Å². The smallest absolute Gasteiger partial charge is 0.136 e. The van der Waals surface area contributed by atoms with Crippen LogP contribution in [0.25, 0.3) is 110 Å². The summed E-state index contributed by atoms with van der Waals surface area (Å²) in [5.41, 5.74) is 12.8. The fraction of sp³-hybridized carbons (Fsp3) is 0. The SMILES string of the molecule is c1ccc(-n2c3ccccc3c3c4c(ccc32)oc2ccccc24)c(-c2ccccc2-n2c3ccccc3c3c4c(ccc32)oc2ccccc24)c1. The Morgan fingerprint density at radius 1 is 0.269 bits per heavy atom. The van der Waals surface area contributed by atoms with Crippen LogP contribution in [0.4, 0.5) is 0 Å². The van der Waals surface area contributed by atoms with Gasteiger partial charge in [0.15, 0.2) is 0 Å². The summed E-state index contributed by atoms with van der Waals surface area (Å²) in [4.78, 5) is 0. The second kappa shape index (κ2) is 10.3. The molecule has 0 radical (unpaired) electrons. The van der Waals surface area contributed by atoms with Crippen LogP contribution in [-0.4, -0.2) is 9.13 Å². The minimum Gasteiger partial charge on any atom is -0.456 e. The lowest BCUT2D eigenvalue weighted by molar-refractivity contribution is 0.669. The maximum Gasteiger partial charge on any atom is 0.136 e. The Morgan fingerprint density at radius 3 is 1.13 bits per heavy atom.